The van der Waals surface area contributed by atoms with Crippen LogP contribution in [0.3, 0.4) is 0 Å². The van der Waals surface area contributed by atoms with E-state index < -0.39 is 0 Å². The minimum atomic E-state index is 0.456. The van der Waals surface area contributed by atoms with Crippen molar-refractivity contribution in [2.24, 2.45) is 11.7 Å². The second kappa shape index (κ2) is 7.01. The van der Waals surface area contributed by atoms with E-state index in [0.29, 0.717) is 18.4 Å². The van der Waals surface area contributed by atoms with Gasteiger partial charge in [-0.3, -0.25) is 0 Å². The molecule has 1 fully saturated rings. The molecule has 1 aromatic heterocycles. The van der Waals surface area contributed by atoms with Crippen LogP contribution in [0.15, 0.2) is 0 Å². The summed E-state index contributed by atoms with van der Waals surface area (Å²) in [5.41, 5.74) is 8.14. The predicted molar refractivity (Wildman–Crippen MR) is 75.0 cm³/mol. The number of methoxy groups -OCH3 is 1. The largest absolute Gasteiger partial charge is 0.384 e. The number of nitrogens with two attached hydrogens (primary N) is 1. The minimum absolute atomic E-state index is 0.456. The molecule has 1 atom stereocenters. The highest BCUT2D eigenvalue weighted by molar-refractivity contribution is 5.17. The van der Waals surface area contributed by atoms with Crippen LogP contribution in [0, 0.1) is 5.92 Å². The maximum absolute atomic E-state index is 5.69. The molecule has 1 aliphatic rings. The number of nitrogens with zero attached hydrogens (tertiary/aromatic N) is 3. The monoisotopic (exact) mass is 266 g/mol. The summed E-state index contributed by atoms with van der Waals surface area (Å²) in [5.74, 6) is 1.09. The van der Waals surface area contributed by atoms with Gasteiger partial charge in [-0.05, 0) is 25.3 Å². The molecular weight excluding hydrogens is 240 g/mol. The standard InChI is InChI=1S/C14H26N4O/c1-11(10-19-2)9-18-14(12-5-3-4-6-12)13(7-8-15)16-17-18/h11-12H,3-10,15H2,1-2H3. The van der Waals surface area contributed by atoms with Gasteiger partial charge in [-0.15, -0.1) is 5.10 Å². The van der Waals surface area contributed by atoms with Crippen molar-refractivity contribution in [1.82, 2.24) is 15.0 Å². The van der Waals surface area contributed by atoms with E-state index >= 15 is 0 Å². The first-order valence-electron chi connectivity index (χ1n) is 7.37. The van der Waals surface area contributed by atoms with Crippen LogP contribution in [0.25, 0.3) is 0 Å². The van der Waals surface area contributed by atoms with E-state index in [4.69, 9.17) is 10.5 Å². The second-order valence-corrected chi connectivity index (χ2v) is 5.68. The molecule has 2 N–H and O–H groups in total. The zero-order valence-corrected chi connectivity index (χ0v) is 12.1. The van der Waals surface area contributed by atoms with Gasteiger partial charge in [-0.2, -0.15) is 0 Å². The summed E-state index contributed by atoms with van der Waals surface area (Å²) < 4.78 is 7.32. The van der Waals surface area contributed by atoms with Crippen LogP contribution < -0.4 is 5.73 Å². The zero-order valence-electron chi connectivity index (χ0n) is 12.1. The number of ether oxygens (including phenoxy) is 1. The van der Waals surface area contributed by atoms with Gasteiger partial charge in [-0.1, -0.05) is 25.0 Å². The van der Waals surface area contributed by atoms with Crippen molar-refractivity contribution >= 4 is 0 Å². The van der Waals surface area contributed by atoms with Crippen molar-refractivity contribution in [2.45, 2.75) is 51.5 Å². The third-order valence-corrected chi connectivity index (χ3v) is 3.91. The average Bonchev–Trinajstić information content (AvgIpc) is 2.99. The van der Waals surface area contributed by atoms with Gasteiger partial charge in [0.1, 0.15) is 0 Å². The first-order valence-corrected chi connectivity index (χ1v) is 7.37. The van der Waals surface area contributed by atoms with Gasteiger partial charge in [0.15, 0.2) is 0 Å². The van der Waals surface area contributed by atoms with E-state index in [-0.39, 0.29) is 0 Å². The summed E-state index contributed by atoms with van der Waals surface area (Å²) in [6.45, 7) is 4.48. The highest BCUT2D eigenvalue weighted by Gasteiger charge is 2.25. The number of aromatic nitrogens is 3. The van der Waals surface area contributed by atoms with Crippen LogP contribution in [0.2, 0.25) is 0 Å². The van der Waals surface area contributed by atoms with E-state index in [0.717, 1.165) is 25.3 Å². The average molecular weight is 266 g/mol. The molecule has 0 aliphatic heterocycles. The van der Waals surface area contributed by atoms with E-state index in [2.05, 4.69) is 21.9 Å². The number of hydrogen-bond donors (Lipinski definition) is 1. The molecule has 0 spiro atoms. The Morgan fingerprint density at radius 1 is 1.42 bits per heavy atom. The van der Waals surface area contributed by atoms with Crippen molar-refractivity contribution in [3.05, 3.63) is 11.4 Å². The molecule has 1 unspecified atom stereocenters. The number of hydrogen-bond acceptors (Lipinski definition) is 4. The molecule has 5 heteroatoms. The molecule has 0 bridgehead atoms. The minimum Gasteiger partial charge on any atom is -0.384 e. The van der Waals surface area contributed by atoms with Gasteiger partial charge in [0.05, 0.1) is 18.0 Å². The Bertz CT molecular complexity index is 385. The van der Waals surface area contributed by atoms with Crippen LogP contribution >= 0.6 is 0 Å². The molecule has 0 aromatic carbocycles. The fourth-order valence-corrected chi connectivity index (χ4v) is 3.08. The van der Waals surface area contributed by atoms with E-state index in [1.165, 1.54) is 31.4 Å². The van der Waals surface area contributed by atoms with Crippen LogP contribution in [0.1, 0.15) is 49.9 Å². The van der Waals surface area contributed by atoms with Gasteiger partial charge in [0.2, 0.25) is 0 Å². The van der Waals surface area contributed by atoms with Crippen molar-refractivity contribution in [2.75, 3.05) is 20.3 Å². The molecule has 2 rings (SSSR count). The smallest absolute Gasteiger partial charge is 0.0874 e. The van der Waals surface area contributed by atoms with Gasteiger partial charge >= 0.3 is 0 Å². The summed E-state index contributed by atoms with van der Waals surface area (Å²) in [4.78, 5) is 0. The summed E-state index contributed by atoms with van der Waals surface area (Å²) in [6.07, 6.45) is 6.02. The Balaban J connectivity index is 2.16. The van der Waals surface area contributed by atoms with Crippen molar-refractivity contribution in [1.29, 1.82) is 0 Å². The van der Waals surface area contributed by atoms with Gasteiger partial charge in [-0.25, -0.2) is 4.68 Å². The second-order valence-electron chi connectivity index (χ2n) is 5.68. The highest BCUT2D eigenvalue weighted by atomic mass is 16.5. The van der Waals surface area contributed by atoms with Crippen molar-refractivity contribution in [3.8, 4) is 0 Å². The van der Waals surface area contributed by atoms with Crippen LogP contribution in [-0.4, -0.2) is 35.3 Å². The fourth-order valence-electron chi connectivity index (χ4n) is 3.08. The predicted octanol–water partition coefficient (Wildman–Crippen LogP) is 1.72. The lowest BCUT2D eigenvalue weighted by atomic mass is 10.00. The lowest BCUT2D eigenvalue weighted by Gasteiger charge is -2.16. The van der Waals surface area contributed by atoms with Crippen LogP contribution in [-0.2, 0) is 17.7 Å². The molecule has 5 nitrogen and oxygen atoms in total. The van der Waals surface area contributed by atoms with Crippen LogP contribution in [0.4, 0.5) is 0 Å². The van der Waals surface area contributed by atoms with Gasteiger partial charge in [0, 0.05) is 26.0 Å². The SMILES string of the molecule is COCC(C)Cn1nnc(CCN)c1C1CCCC1. The lowest BCUT2D eigenvalue weighted by molar-refractivity contribution is 0.148. The Labute approximate surface area is 115 Å². The molecule has 19 heavy (non-hydrogen) atoms. The molecule has 108 valence electrons. The first kappa shape index (κ1) is 14.5. The Kier molecular flexibility index (Phi) is 5.34. The molecule has 0 radical (unpaired) electrons. The number of rotatable bonds is 7. The van der Waals surface area contributed by atoms with Gasteiger partial charge < -0.3 is 10.5 Å². The van der Waals surface area contributed by atoms with Gasteiger partial charge in [0.25, 0.3) is 0 Å². The van der Waals surface area contributed by atoms with E-state index in [1.54, 1.807) is 7.11 Å². The topological polar surface area (TPSA) is 66.0 Å². The maximum atomic E-state index is 5.69. The van der Waals surface area contributed by atoms with Crippen molar-refractivity contribution < 1.29 is 4.74 Å². The Morgan fingerprint density at radius 2 is 2.16 bits per heavy atom. The normalized spacial score (nSPS) is 18.1. The highest BCUT2D eigenvalue weighted by Crippen LogP contribution is 2.35. The fraction of sp³-hybridized carbons (Fsp3) is 0.857. The molecule has 1 saturated carbocycles. The molecule has 0 amide bonds. The summed E-state index contributed by atoms with van der Waals surface area (Å²) in [6, 6.07) is 0. The quantitative estimate of drug-likeness (QED) is 0.816. The molecular formula is C14H26N4O. The lowest BCUT2D eigenvalue weighted by Crippen LogP contribution is -2.18. The maximum Gasteiger partial charge on any atom is 0.0874 e. The molecule has 0 saturated heterocycles. The Morgan fingerprint density at radius 3 is 2.79 bits per heavy atom. The van der Waals surface area contributed by atoms with Crippen LogP contribution in [0.5, 0.6) is 0 Å². The molecule has 1 aliphatic carbocycles. The molecule has 1 heterocycles. The first-order chi connectivity index (χ1) is 9.26. The summed E-state index contributed by atoms with van der Waals surface area (Å²) in [5, 5.41) is 8.71. The Hall–Kier alpha value is -0.940. The van der Waals surface area contributed by atoms with E-state index in [9.17, 15) is 0 Å². The summed E-state index contributed by atoms with van der Waals surface area (Å²) >= 11 is 0. The third-order valence-electron chi connectivity index (χ3n) is 3.91. The van der Waals surface area contributed by atoms with E-state index in [1.807, 2.05) is 0 Å². The third kappa shape index (κ3) is 3.54. The summed E-state index contributed by atoms with van der Waals surface area (Å²) in [7, 11) is 1.75. The van der Waals surface area contributed by atoms with Crippen molar-refractivity contribution in [3.63, 3.8) is 0 Å². The molecule has 1 aromatic rings. The zero-order chi connectivity index (χ0) is 13.7.